The molecule has 0 spiro atoms. The van der Waals surface area contributed by atoms with Crippen molar-refractivity contribution in [1.82, 2.24) is 15.3 Å². The van der Waals surface area contributed by atoms with Crippen LogP contribution in [0, 0.1) is 5.92 Å². The third-order valence-electron chi connectivity index (χ3n) is 6.33. The number of amides is 1. The molecule has 1 atom stereocenters. The Hall–Kier alpha value is -3.10. The molecule has 0 aliphatic heterocycles. The highest BCUT2D eigenvalue weighted by Gasteiger charge is 2.23. The first-order valence-corrected chi connectivity index (χ1v) is 13.4. The number of benzene rings is 3. The first kappa shape index (κ1) is 25.5. The van der Waals surface area contributed by atoms with E-state index in [-0.39, 0.29) is 17.6 Å². The summed E-state index contributed by atoms with van der Waals surface area (Å²) < 4.78 is 30.6. The highest BCUT2D eigenvalue weighted by Crippen LogP contribution is 2.39. The van der Waals surface area contributed by atoms with E-state index in [1.165, 1.54) is 30.7 Å². The van der Waals surface area contributed by atoms with Crippen LogP contribution in [0.5, 0.6) is 5.75 Å². The van der Waals surface area contributed by atoms with Crippen molar-refractivity contribution in [2.24, 2.45) is 5.92 Å². The van der Waals surface area contributed by atoms with E-state index in [4.69, 9.17) is 21.3 Å². The van der Waals surface area contributed by atoms with E-state index in [1.807, 2.05) is 11.8 Å². The van der Waals surface area contributed by atoms with Crippen LogP contribution in [0.4, 0.5) is 8.78 Å². The zero-order chi connectivity index (χ0) is 25.9. The fourth-order valence-electron chi connectivity index (χ4n) is 4.22. The van der Waals surface area contributed by atoms with Gasteiger partial charge in [0, 0.05) is 35.2 Å². The van der Waals surface area contributed by atoms with Crippen LogP contribution in [0.3, 0.4) is 0 Å². The van der Waals surface area contributed by atoms with E-state index < -0.39 is 6.61 Å². The third-order valence-corrected chi connectivity index (χ3v) is 7.89. The monoisotopic (exact) mass is 541 g/mol. The van der Waals surface area contributed by atoms with Crippen molar-refractivity contribution >= 4 is 40.3 Å². The molecule has 0 saturated heterocycles. The Labute approximate surface area is 223 Å². The Morgan fingerprint density at radius 1 is 1.16 bits per heavy atom. The summed E-state index contributed by atoms with van der Waals surface area (Å²) in [6.45, 7) is -1.10. The topological polar surface area (TPSA) is 67.0 Å². The van der Waals surface area contributed by atoms with Gasteiger partial charge in [0.1, 0.15) is 11.6 Å². The molecule has 1 amide bonds. The number of ether oxygens (including phenoxy) is 1. The quantitative estimate of drug-likeness (QED) is 0.207. The van der Waals surface area contributed by atoms with Crippen molar-refractivity contribution in [3.63, 3.8) is 0 Å². The number of hydrogen-bond acceptors (Lipinski definition) is 4. The molecule has 1 unspecified atom stereocenters. The van der Waals surface area contributed by atoms with Gasteiger partial charge in [0.25, 0.3) is 0 Å². The second-order valence-corrected chi connectivity index (χ2v) is 10.7. The highest BCUT2D eigenvalue weighted by atomic mass is 35.5. The van der Waals surface area contributed by atoms with Crippen molar-refractivity contribution < 1.29 is 18.3 Å². The number of H-pyrrole nitrogens is 1. The molecule has 3 aromatic carbocycles. The number of alkyl halides is 2. The van der Waals surface area contributed by atoms with E-state index in [9.17, 15) is 13.6 Å². The van der Waals surface area contributed by atoms with Crippen LogP contribution in [-0.2, 0) is 4.79 Å². The number of rotatable bonds is 10. The van der Waals surface area contributed by atoms with Gasteiger partial charge in [-0.3, -0.25) is 4.79 Å². The first-order valence-electron chi connectivity index (χ1n) is 12.1. The lowest BCUT2D eigenvalue weighted by Crippen LogP contribution is -2.27. The maximum atomic E-state index is 13.0. The average molecular weight is 542 g/mol. The molecular formula is C28H26ClF2N3O2S. The van der Waals surface area contributed by atoms with E-state index in [1.54, 1.807) is 30.3 Å². The van der Waals surface area contributed by atoms with Crippen molar-refractivity contribution in [2.75, 3.05) is 12.3 Å². The van der Waals surface area contributed by atoms with Gasteiger partial charge in [-0.15, -0.1) is 11.8 Å². The number of aromatic amines is 1. The van der Waals surface area contributed by atoms with E-state index >= 15 is 0 Å². The van der Waals surface area contributed by atoms with Crippen molar-refractivity contribution in [3.05, 3.63) is 77.1 Å². The predicted molar refractivity (Wildman–Crippen MR) is 144 cm³/mol. The molecular weight excluding hydrogens is 516 g/mol. The normalized spacial score (nSPS) is 14.2. The minimum Gasteiger partial charge on any atom is -0.434 e. The van der Waals surface area contributed by atoms with Gasteiger partial charge in [-0.2, -0.15) is 8.78 Å². The fourth-order valence-corrected chi connectivity index (χ4v) is 5.58. The summed E-state index contributed by atoms with van der Waals surface area (Å²) in [6.07, 6.45) is 2.65. The maximum absolute atomic E-state index is 13.0. The molecule has 192 valence electrons. The van der Waals surface area contributed by atoms with Gasteiger partial charge in [-0.25, -0.2) is 4.98 Å². The fraction of sp³-hybridized carbons (Fsp3) is 0.286. The van der Waals surface area contributed by atoms with E-state index in [2.05, 4.69) is 34.6 Å². The van der Waals surface area contributed by atoms with Crippen LogP contribution in [-0.4, -0.2) is 34.8 Å². The molecule has 1 aliphatic carbocycles. The molecule has 9 heteroatoms. The summed E-state index contributed by atoms with van der Waals surface area (Å²) >= 11 is 8.45. The third kappa shape index (κ3) is 6.25. The molecule has 5 rings (SSSR count). The van der Waals surface area contributed by atoms with Gasteiger partial charge >= 0.3 is 6.61 Å². The molecule has 37 heavy (non-hydrogen) atoms. The Balaban J connectivity index is 1.48. The summed E-state index contributed by atoms with van der Waals surface area (Å²) in [7, 11) is 0. The second kappa shape index (κ2) is 11.1. The smallest absolute Gasteiger partial charge is 0.387 e. The SMILES string of the molecule is CC(=O)NCC(c1ccc(SCC2CC2)cc1)c1nc2cc(-c3ccccc3OC(F)F)c(Cl)cc2[nH]1. The van der Waals surface area contributed by atoms with Gasteiger partial charge in [0.05, 0.1) is 22.0 Å². The van der Waals surface area contributed by atoms with Gasteiger partial charge in [0.15, 0.2) is 0 Å². The molecule has 1 fully saturated rings. The van der Waals surface area contributed by atoms with Crippen LogP contribution in [0.25, 0.3) is 22.2 Å². The number of halogens is 3. The number of fused-ring (bicyclic) bond motifs is 1. The molecule has 5 nitrogen and oxygen atoms in total. The van der Waals surface area contributed by atoms with Gasteiger partial charge in [0.2, 0.25) is 5.91 Å². The number of aromatic nitrogens is 2. The van der Waals surface area contributed by atoms with Crippen LogP contribution >= 0.6 is 23.4 Å². The number of thioether (sulfide) groups is 1. The van der Waals surface area contributed by atoms with Crippen molar-refractivity contribution in [1.29, 1.82) is 0 Å². The summed E-state index contributed by atoms with van der Waals surface area (Å²) in [6, 6.07) is 18.4. The molecule has 1 saturated carbocycles. The number of carbonyl (C=O) groups excluding carboxylic acids is 1. The lowest BCUT2D eigenvalue weighted by molar-refractivity contribution is -0.119. The standard InChI is InChI=1S/C28H26ClF2N3O2S/c1-16(35)32-14-22(18-8-10-19(11-9-18)37-15-17-6-7-17)27-33-24-12-21(23(29)13-25(24)34-27)20-4-2-3-5-26(20)36-28(30)31/h2-5,8-13,17,22,28H,6-7,14-15H2,1H3,(H,32,35)(H,33,34). The maximum Gasteiger partial charge on any atom is 0.387 e. The molecule has 0 bridgehead atoms. The van der Waals surface area contributed by atoms with Crippen LogP contribution in [0.15, 0.2) is 65.6 Å². The van der Waals surface area contributed by atoms with Crippen molar-refractivity contribution in [2.45, 2.75) is 37.2 Å². The number of nitrogens with zero attached hydrogens (tertiary/aromatic N) is 1. The van der Waals surface area contributed by atoms with Crippen LogP contribution in [0.2, 0.25) is 5.02 Å². The molecule has 1 aromatic heterocycles. The highest BCUT2D eigenvalue weighted by molar-refractivity contribution is 7.99. The second-order valence-electron chi connectivity index (χ2n) is 9.16. The molecule has 4 aromatic rings. The number of para-hydroxylation sites is 1. The summed E-state index contributed by atoms with van der Waals surface area (Å²) in [5.74, 6) is 2.37. The lowest BCUT2D eigenvalue weighted by Gasteiger charge is -2.16. The minimum atomic E-state index is -2.95. The van der Waals surface area contributed by atoms with E-state index in [0.29, 0.717) is 39.6 Å². The average Bonchev–Trinajstić information content (AvgIpc) is 3.61. The molecule has 1 heterocycles. The zero-order valence-electron chi connectivity index (χ0n) is 20.1. The largest absolute Gasteiger partial charge is 0.434 e. The van der Waals surface area contributed by atoms with E-state index in [0.717, 1.165) is 17.2 Å². The summed E-state index contributed by atoms with van der Waals surface area (Å²) in [5.41, 5.74) is 3.35. The summed E-state index contributed by atoms with van der Waals surface area (Å²) in [4.78, 5) is 21.1. The minimum absolute atomic E-state index is 0.0395. The molecule has 0 radical (unpaired) electrons. The molecule has 1 aliphatic rings. The Kier molecular flexibility index (Phi) is 7.67. The number of nitrogens with one attached hydrogen (secondary N) is 2. The van der Waals surface area contributed by atoms with Crippen molar-refractivity contribution in [3.8, 4) is 16.9 Å². The van der Waals surface area contributed by atoms with Crippen LogP contribution in [0.1, 0.15) is 37.1 Å². The Morgan fingerprint density at radius 2 is 1.92 bits per heavy atom. The lowest BCUT2D eigenvalue weighted by atomic mass is 9.98. The first-order chi connectivity index (χ1) is 17.9. The van der Waals surface area contributed by atoms with Gasteiger partial charge in [-0.1, -0.05) is 41.9 Å². The molecule has 2 N–H and O–H groups in total. The Morgan fingerprint density at radius 3 is 2.62 bits per heavy atom. The van der Waals surface area contributed by atoms with Gasteiger partial charge in [-0.05, 0) is 54.7 Å². The summed E-state index contributed by atoms with van der Waals surface area (Å²) in [5, 5.41) is 3.28. The Bertz CT molecular complexity index is 1410. The zero-order valence-corrected chi connectivity index (χ0v) is 21.7. The number of hydrogen-bond donors (Lipinski definition) is 2. The predicted octanol–water partition coefficient (Wildman–Crippen LogP) is 7.25. The van der Waals surface area contributed by atoms with Gasteiger partial charge < -0.3 is 15.0 Å². The number of imidazole rings is 1. The number of carbonyl (C=O) groups is 1. The van der Waals surface area contributed by atoms with Crippen LogP contribution < -0.4 is 10.1 Å².